The molecule has 0 aliphatic carbocycles. The third-order valence-electron chi connectivity index (χ3n) is 13.3. The molecule has 0 spiro atoms. The van der Waals surface area contributed by atoms with Gasteiger partial charge in [-0.1, -0.05) is 234 Å². The maximum atomic E-state index is 12.9. The lowest BCUT2D eigenvalue weighted by molar-refractivity contribution is -0.161. The Morgan fingerprint density at radius 2 is 0.679 bits per heavy atom. The second kappa shape index (κ2) is 59.8. The number of rotatable bonds is 58. The second-order valence-electron chi connectivity index (χ2n) is 20.8. The molecule has 3 atom stereocenters. The van der Waals surface area contributed by atoms with Crippen LogP contribution in [-0.2, 0) is 42.2 Å². The van der Waals surface area contributed by atoms with Crippen LogP contribution in [0.25, 0.3) is 0 Å². The molecule has 0 amide bonds. The Morgan fingerprint density at radius 3 is 1.09 bits per heavy atom. The SMILES string of the molecule is CC/C=C\C/C=C\C/C=C\C/C=C\C/C=C\CCCC(=O)OC(COC(=O)CCCCCCCCCCC/C=C\CCCCCCCC)COP(=O)(O)OCC(CO)OC(=O)CCCCCCC/C=C\CCCCCCCC. The molecule has 0 saturated carbocycles. The van der Waals surface area contributed by atoms with Crippen molar-refractivity contribution in [2.24, 2.45) is 0 Å². The quantitative estimate of drug-likeness (QED) is 0.0197. The van der Waals surface area contributed by atoms with Crippen molar-refractivity contribution in [2.75, 3.05) is 26.4 Å². The number of ether oxygens (including phenoxy) is 3. The van der Waals surface area contributed by atoms with E-state index in [-0.39, 0.29) is 25.9 Å². The average molecular weight is 1120 g/mol. The van der Waals surface area contributed by atoms with E-state index >= 15 is 0 Å². The van der Waals surface area contributed by atoms with E-state index < -0.39 is 57.8 Å². The molecule has 450 valence electrons. The van der Waals surface area contributed by atoms with Gasteiger partial charge in [0.1, 0.15) is 12.7 Å². The number of hydrogen-bond acceptors (Lipinski definition) is 10. The third kappa shape index (κ3) is 57.3. The van der Waals surface area contributed by atoms with E-state index in [9.17, 15) is 28.9 Å². The van der Waals surface area contributed by atoms with Crippen molar-refractivity contribution in [3.63, 3.8) is 0 Å². The molecule has 78 heavy (non-hydrogen) atoms. The van der Waals surface area contributed by atoms with Crippen molar-refractivity contribution in [3.05, 3.63) is 85.1 Å². The van der Waals surface area contributed by atoms with Gasteiger partial charge >= 0.3 is 25.7 Å². The number of aliphatic hydroxyl groups is 1. The molecule has 0 aromatic heterocycles. The molecular formula is C66H115O11P. The summed E-state index contributed by atoms with van der Waals surface area (Å²) in [5.74, 6) is -1.54. The van der Waals surface area contributed by atoms with Crippen molar-refractivity contribution in [2.45, 2.75) is 290 Å². The summed E-state index contributed by atoms with van der Waals surface area (Å²) >= 11 is 0. The van der Waals surface area contributed by atoms with Crippen molar-refractivity contribution in [1.82, 2.24) is 0 Å². The highest BCUT2D eigenvalue weighted by Gasteiger charge is 2.28. The molecule has 0 rings (SSSR count). The molecule has 0 aromatic carbocycles. The van der Waals surface area contributed by atoms with E-state index in [0.717, 1.165) is 89.9 Å². The van der Waals surface area contributed by atoms with Crippen LogP contribution in [0.2, 0.25) is 0 Å². The van der Waals surface area contributed by atoms with Crippen LogP contribution >= 0.6 is 7.82 Å². The van der Waals surface area contributed by atoms with Crippen LogP contribution in [0.4, 0.5) is 0 Å². The molecule has 11 nitrogen and oxygen atoms in total. The largest absolute Gasteiger partial charge is 0.472 e. The first-order valence-corrected chi connectivity index (χ1v) is 33.0. The molecule has 0 radical (unpaired) electrons. The number of carbonyl (C=O) groups excluding carboxylic acids is 3. The van der Waals surface area contributed by atoms with Crippen LogP contribution in [0.15, 0.2) is 85.1 Å². The topological polar surface area (TPSA) is 155 Å². The molecule has 0 aliphatic heterocycles. The summed E-state index contributed by atoms with van der Waals surface area (Å²) in [4.78, 5) is 48.7. The summed E-state index contributed by atoms with van der Waals surface area (Å²) in [6.07, 6.45) is 69.7. The Bertz CT molecular complexity index is 1630. The van der Waals surface area contributed by atoms with E-state index in [4.69, 9.17) is 23.3 Å². The van der Waals surface area contributed by atoms with Gasteiger partial charge in [-0.15, -0.1) is 0 Å². The fourth-order valence-electron chi connectivity index (χ4n) is 8.50. The number of phosphoric ester groups is 1. The molecule has 0 aromatic rings. The molecule has 0 aliphatic rings. The van der Waals surface area contributed by atoms with Crippen LogP contribution in [0.5, 0.6) is 0 Å². The minimum Gasteiger partial charge on any atom is -0.462 e. The summed E-state index contributed by atoms with van der Waals surface area (Å²) in [6, 6.07) is 0. The van der Waals surface area contributed by atoms with E-state index in [1.807, 2.05) is 12.2 Å². The van der Waals surface area contributed by atoms with Crippen LogP contribution in [0.1, 0.15) is 278 Å². The number of esters is 3. The standard InChI is InChI=1S/C66H115O11P/c1-4-7-10-13-16-19-22-25-28-30-31-33-35-37-40-43-46-49-52-55-64(68)73-59-63(77-66(70)57-54-51-48-45-42-39-36-32-29-26-23-20-17-14-11-8-5-2)61-75-78(71,72)74-60-62(58-67)76-65(69)56-53-50-47-44-41-38-34-27-24-21-18-15-12-9-6-3/h8,11,17,20,25-29,34,36,39,45,48,62-63,67H,4-7,9-10,12-16,18-19,21-24,30-33,35,37-38,40-44,46-47,49-61H2,1-3H3,(H,71,72)/b11-8-,20-17-,28-25-,29-26-,34-27-,39-36-,48-45-. The number of aliphatic hydroxyl groups excluding tert-OH is 1. The lowest BCUT2D eigenvalue weighted by atomic mass is 10.1. The molecule has 0 heterocycles. The van der Waals surface area contributed by atoms with Gasteiger partial charge in [-0.05, 0) is 109 Å². The van der Waals surface area contributed by atoms with Gasteiger partial charge in [0.2, 0.25) is 0 Å². The van der Waals surface area contributed by atoms with Gasteiger partial charge in [0, 0.05) is 19.3 Å². The zero-order valence-corrected chi connectivity index (χ0v) is 50.8. The molecule has 0 saturated heterocycles. The Kier molecular flexibility index (Phi) is 57.2. The lowest BCUT2D eigenvalue weighted by Crippen LogP contribution is -2.30. The molecular weight excluding hydrogens is 1000 g/mol. The van der Waals surface area contributed by atoms with Gasteiger partial charge in [-0.3, -0.25) is 23.4 Å². The first-order valence-electron chi connectivity index (χ1n) is 31.5. The average Bonchev–Trinajstić information content (AvgIpc) is 3.43. The molecule has 2 N–H and O–H groups in total. The lowest BCUT2D eigenvalue weighted by Gasteiger charge is -2.21. The first kappa shape index (κ1) is 74.7. The fourth-order valence-corrected chi connectivity index (χ4v) is 9.28. The van der Waals surface area contributed by atoms with Crippen molar-refractivity contribution in [1.29, 1.82) is 0 Å². The minimum atomic E-state index is -4.77. The third-order valence-corrected chi connectivity index (χ3v) is 14.2. The summed E-state index contributed by atoms with van der Waals surface area (Å²) in [5.41, 5.74) is 0. The van der Waals surface area contributed by atoms with Crippen LogP contribution in [0.3, 0.4) is 0 Å². The van der Waals surface area contributed by atoms with Gasteiger partial charge in [0.25, 0.3) is 0 Å². The predicted octanol–water partition coefficient (Wildman–Crippen LogP) is 19.0. The van der Waals surface area contributed by atoms with Gasteiger partial charge in [-0.2, -0.15) is 0 Å². The summed E-state index contributed by atoms with van der Waals surface area (Å²) in [5, 5.41) is 9.84. The minimum absolute atomic E-state index is 0.0866. The van der Waals surface area contributed by atoms with Crippen LogP contribution in [0, 0.1) is 0 Å². The van der Waals surface area contributed by atoms with E-state index in [1.54, 1.807) is 0 Å². The zero-order valence-electron chi connectivity index (χ0n) is 49.9. The second-order valence-corrected chi connectivity index (χ2v) is 22.3. The maximum Gasteiger partial charge on any atom is 0.472 e. The smallest absolute Gasteiger partial charge is 0.462 e. The maximum absolute atomic E-state index is 12.9. The van der Waals surface area contributed by atoms with Crippen molar-refractivity contribution >= 4 is 25.7 Å². The number of hydrogen-bond donors (Lipinski definition) is 2. The molecule has 3 unspecified atom stereocenters. The number of carbonyl (C=O) groups is 3. The van der Waals surface area contributed by atoms with Crippen LogP contribution in [-0.4, -0.2) is 66.5 Å². The number of allylic oxidation sites excluding steroid dienone is 14. The van der Waals surface area contributed by atoms with Gasteiger partial charge in [-0.25, -0.2) is 4.57 Å². The Balaban J connectivity index is 4.78. The van der Waals surface area contributed by atoms with E-state index in [1.165, 1.54) is 122 Å². The van der Waals surface area contributed by atoms with E-state index in [2.05, 4.69) is 93.7 Å². The Labute approximate surface area is 477 Å². The highest BCUT2D eigenvalue weighted by Crippen LogP contribution is 2.43. The van der Waals surface area contributed by atoms with E-state index in [0.29, 0.717) is 25.7 Å². The van der Waals surface area contributed by atoms with Gasteiger partial charge in [0.05, 0.1) is 19.8 Å². The van der Waals surface area contributed by atoms with Gasteiger partial charge in [0.15, 0.2) is 6.10 Å². The first-order chi connectivity index (χ1) is 38.2. The molecule has 0 bridgehead atoms. The molecule has 0 fully saturated rings. The normalized spacial score (nSPS) is 13.9. The highest BCUT2D eigenvalue weighted by atomic mass is 31.2. The summed E-state index contributed by atoms with van der Waals surface area (Å²) < 4.78 is 39.6. The Morgan fingerprint density at radius 1 is 0.372 bits per heavy atom. The number of phosphoric acid groups is 1. The molecule has 12 heteroatoms. The Hall–Kier alpha value is -3.34. The van der Waals surface area contributed by atoms with Crippen molar-refractivity contribution in [3.8, 4) is 0 Å². The monoisotopic (exact) mass is 1110 g/mol. The van der Waals surface area contributed by atoms with Crippen LogP contribution < -0.4 is 0 Å². The predicted molar refractivity (Wildman–Crippen MR) is 325 cm³/mol. The number of unbranched alkanes of at least 4 members (excludes halogenated alkanes) is 27. The summed E-state index contributed by atoms with van der Waals surface area (Å²) in [7, 11) is -4.77. The van der Waals surface area contributed by atoms with Crippen molar-refractivity contribution < 1.29 is 52.2 Å². The fraction of sp³-hybridized carbons (Fsp3) is 0.742. The zero-order chi connectivity index (χ0) is 56.9. The highest BCUT2D eigenvalue weighted by molar-refractivity contribution is 7.47. The summed E-state index contributed by atoms with van der Waals surface area (Å²) in [6.45, 7) is 4.48. The van der Waals surface area contributed by atoms with Gasteiger partial charge < -0.3 is 24.2 Å².